The summed E-state index contributed by atoms with van der Waals surface area (Å²) in [5.41, 5.74) is 3.65. The summed E-state index contributed by atoms with van der Waals surface area (Å²) in [7, 11) is 0. The van der Waals surface area contributed by atoms with Crippen LogP contribution in [0.3, 0.4) is 0 Å². The maximum Gasteiger partial charge on any atom is 0.335 e. The Morgan fingerprint density at radius 3 is 2.36 bits per heavy atom. The maximum absolute atomic E-state index is 11.7. The van der Waals surface area contributed by atoms with Crippen molar-refractivity contribution in [3.05, 3.63) is 139 Å². The molecule has 5 aromatic rings. The van der Waals surface area contributed by atoms with Crippen molar-refractivity contribution < 1.29 is 14.6 Å². The van der Waals surface area contributed by atoms with Crippen LogP contribution in [-0.2, 0) is 0 Å². The molecule has 0 unspecified atom stereocenters. The first-order chi connectivity index (χ1) is 19.1. The molecule has 1 aliphatic heterocycles. The standard InChI is InChI=1S/C31H24N4O3S/c36-30(37)21-8-6-9-23(20-21)34-19-7-13-27(34)29-28(26-12-4-5-18-32-26)33-31(39)35(29)22-14-16-25(17-15-22)38-24-10-2-1-3-11-24/h1-20,28-29H,(H,33,39)(H,36,37)/t28-,29+/m1/s1. The fraction of sp³-hybridized carbons (Fsp3) is 0.0645. The number of carbonyl (C=O) groups is 1. The molecule has 3 heterocycles. The molecule has 2 N–H and O–H groups in total. The summed E-state index contributed by atoms with van der Waals surface area (Å²) in [4.78, 5) is 18.4. The molecular weight excluding hydrogens is 508 g/mol. The normalized spacial score (nSPS) is 16.6. The molecule has 0 saturated carbocycles. The van der Waals surface area contributed by atoms with E-state index < -0.39 is 5.97 Å². The first-order valence-electron chi connectivity index (χ1n) is 12.4. The number of thiocarbonyl (C=S) groups is 1. The van der Waals surface area contributed by atoms with Gasteiger partial charge in [0.2, 0.25) is 0 Å². The van der Waals surface area contributed by atoms with Gasteiger partial charge in [0.15, 0.2) is 5.11 Å². The largest absolute Gasteiger partial charge is 0.478 e. The van der Waals surface area contributed by atoms with Crippen LogP contribution in [0.4, 0.5) is 5.69 Å². The van der Waals surface area contributed by atoms with E-state index in [-0.39, 0.29) is 17.6 Å². The Labute approximate surface area is 230 Å². The van der Waals surface area contributed by atoms with Crippen molar-refractivity contribution in [1.82, 2.24) is 14.9 Å². The number of ether oxygens (including phenoxy) is 1. The number of para-hydroxylation sites is 1. The third-order valence-corrected chi connectivity index (χ3v) is 6.96. The van der Waals surface area contributed by atoms with E-state index in [1.807, 2.05) is 102 Å². The summed E-state index contributed by atoms with van der Waals surface area (Å²) in [5, 5.41) is 13.6. The molecule has 6 rings (SSSR count). The van der Waals surface area contributed by atoms with Crippen LogP contribution in [0.25, 0.3) is 5.69 Å². The van der Waals surface area contributed by atoms with E-state index in [1.54, 1.807) is 24.4 Å². The minimum atomic E-state index is -0.972. The molecule has 3 aromatic carbocycles. The first kappa shape index (κ1) is 24.4. The number of nitrogens with zero attached hydrogens (tertiary/aromatic N) is 3. The number of rotatable bonds is 7. The van der Waals surface area contributed by atoms with E-state index in [1.165, 1.54) is 0 Å². The van der Waals surface area contributed by atoms with Crippen LogP contribution in [0.5, 0.6) is 11.5 Å². The molecule has 192 valence electrons. The second-order valence-corrected chi connectivity index (χ2v) is 9.45. The Hall–Kier alpha value is -4.95. The fourth-order valence-corrected chi connectivity index (χ4v) is 5.24. The molecule has 1 aliphatic rings. The molecule has 39 heavy (non-hydrogen) atoms. The number of aromatic carboxylic acids is 1. The number of anilines is 1. The van der Waals surface area contributed by atoms with Gasteiger partial charge in [-0.25, -0.2) is 4.79 Å². The third kappa shape index (κ3) is 4.85. The minimum absolute atomic E-state index is 0.222. The van der Waals surface area contributed by atoms with Gasteiger partial charge in [-0.3, -0.25) is 4.98 Å². The van der Waals surface area contributed by atoms with Crippen molar-refractivity contribution in [2.75, 3.05) is 4.90 Å². The van der Waals surface area contributed by atoms with Crippen molar-refractivity contribution in [2.24, 2.45) is 0 Å². The quantitative estimate of drug-likeness (QED) is 0.230. The second kappa shape index (κ2) is 10.4. The van der Waals surface area contributed by atoms with Crippen LogP contribution in [0, 0.1) is 0 Å². The van der Waals surface area contributed by atoms with E-state index in [0.717, 1.165) is 34.3 Å². The van der Waals surface area contributed by atoms with E-state index in [0.29, 0.717) is 5.11 Å². The van der Waals surface area contributed by atoms with Crippen molar-refractivity contribution in [1.29, 1.82) is 0 Å². The minimum Gasteiger partial charge on any atom is -0.478 e. The lowest BCUT2D eigenvalue weighted by atomic mass is 10.0. The highest BCUT2D eigenvalue weighted by Gasteiger charge is 2.42. The smallest absolute Gasteiger partial charge is 0.335 e. The summed E-state index contributed by atoms with van der Waals surface area (Å²) < 4.78 is 7.99. The highest BCUT2D eigenvalue weighted by atomic mass is 32.1. The molecule has 0 radical (unpaired) electrons. The van der Waals surface area contributed by atoms with Gasteiger partial charge < -0.3 is 24.6 Å². The first-order valence-corrected chi connectivity index (χ1v) is 12.8. The summed E-state index contributed by atoms with van der Waals surface area (Å²) in [6, 6.07) is 33.6. The average Bonchev–Trinajstić information content (AvgIpc) is 3.59. The zero-order valence-corrected chi connectivity index (χ0v) is 21.5. The van der Waals surface area contributed by atoms with E-state index >= 15 is 0 Å². The van der Waals surface area contributed by atoms with Gasteiger partial charge in [-0.15, -0.1) is 0 Å². The number of hydrogen-bond donors (Lipinski definition) is 2. The Morgan fingerprint density at radius 1 is 0.846 bits per heavy atom. The van der Waals surface area contributed by atoms with Gasteiger partial charge in [0.1, 0.15) is 17.5 Å². The van der Waals surface area contributed by atoms with Gasteiger partial charge in [-0.1, -0.05) is 30.3 Å². The number of aromatic nitrogens is 2. The molecule has 0 amide bonds. The molecule has 1 fully saturated rings. The van der Waals surface area contributed by atoms with Gasteiger partial charge >= 0.3 is 5.97 Å². The second-order valence-electron chi connectivity index (χ2n) is 9.06. The zero-order valence-electron chi connectivity index (χ0n) is 20.7. The number of nitrogens with one attached hydrogen (secondary N) is 1. The monoisotopic (exact) mass is 532 g/mol. The fourth-order valence-electron chi connectivity index (χ4n) is 4.89. The highest BCUT2D eigenvalue weighted by molar-refractivity contribution is 7.80. The highest BCUT2D eigenvalue weighted by Crippen LogP contribution is 2.42. The predicted molar refractivity (Wildman–Crippen MR) is 154 cm³/mol. The van der Waals surface area contributed by atoms with Crippen molar-refractivity contribution in [3.8, 4) is 17.2 Å². The summed E-state index contributed by atoms with van der Waals surface area (Å²) >= 11 is 5.87. The van der Waals surface area contributed by atoms with Gasteiger partial charge in [0, 0.05) is 29.5 Å². The van der Waals surface area contributed by atoms with Gasteiger partial charge in [-0.05, 0) is 91.1 Å². The molecule has 0 bridgehead atoms. The molecule has 8 heteroatoms. The number of benzene rings is 3. The van der Waals surface area contributed by atoms with Gasteiger partial charge in [-0.2, -0.15) is 0 Å². The predicted octanol–water partition coefficient (Wildman–Crippen LogP) is 6.54. The summed E-state index contributed by atoms with van der Waals surface area (Å²) in [5.74, 6) is 0.507. The molecule has 2 atom stereocenters. The Morgan fingerprint density at radius 2 is 1.62 bits per heavy atom. The zero-order chi connectivity index (χ0) is 26.8. The van der Waals surface area contributed by atoms with E-state index in [2.05, 4.69) is 15.2 Å². The van der Waals surface area contributed by atoms with Crippen LogP contribution in [0.15, 0.2) is 122 Å². The lowest BCUT2D eigenvalue weighted by Gasteiger charge is -2.29. The molecule has 0 aliphatic carbocycles. The topological polar surface area (TPSA) is 79.6 Å². The van der Waals surface area contributed by atoms with Crippen LogP contribution in [0.2, 0.25) is 0 Å². The molecular formula is C31H24N4O3S. The van der Waals surface area contributed by atoms with Crippen molar-refractivity contribution >= 4 is 29.0 Å². The maximum atomic E-state index is 11.7. The third-order valence-electron chi connectivity index (χ3n) is 6.65. The number of hydrogen-bond acceptors (Lipinski definition) is 4. The van der Waals surface area contributed by atoms with Crippen molar-refractivity contribution in [3.63, 3.8) is 0 Å². The summed E-state index contributed by atoms with van der Waals surface area (Å²) in [6.45, 7) is 0. The molecule has 7 nitrogen and oxygen atoms in total. The van der Waals surface area contributed by atoms with E-state index in [9.17, 15) is 9.90 Å². The summed E-state index contributed by atoms with van der Waals surface area (Å²) in [6.07, 6.45) is 3.70. The van der Waals surface area contributed by atoms with E-state index in [4.69, 9.17) is 17.0 Å². The Balaban J connectivity index is 1.41. The molecule has 1 saturated heterocycles. The van der Waals surface area contributed by atoms with Crippen LogP contribution < -0.4 is 15.0 Å². The lowest BCUT2D eigenvalue weighted by Crippen LogP contribution is -2.30. The number of pyridine rings is 1. The van der Waals surface area contributed by atoms with Crippen LogP contribution in [0.1, 0.15) is 33.8 Å². The molecule has 0 spiro atoms. The van der Waals surface area contributed by atoms with Crippen LogP contribution in [-0.4, -0.2) is 25.7 Å². The Kier molecular flexibility index (Phi) is 6.52. The SMILES string of the molecule is O=C(O)c1cccc(-n2cccc2[C@H]2[C@@H](c3ccccn3)NC(=S)N2c2ccc(Oc3ccccc3)cc2)c1. The van der Waals surface area contributed by atoms with Gasteiger partial charge in [0.05, 0.1) is 17.3 Å². The Bertz CT molecular complexity index is 1620. The van der Waals surface area contributed by atoms with Gasteiger partial charge in [0.25, 0.3) is 0 Å². The number of carboxylic acids is 1. The van der Waals surface area contributed by atoms with Crippen LogP contribution >= 0.6 is 12.2 Å². The number of carboxylic acid groups (broad SMARTS) is 1. The average molecular weight is 533 g/mol. The molecule has 2 aromatic heterocycles. The lowest BCUT2D eigenvalue weighted by molar-refractivity contribution is 0.0697. The van der Waals surface area contributed by atoms with Crippen molar-refractivity contribution in [2.45, 2.75) is 12.1 Å².